The highest BCUT2D eigenvalue weighted by Gasteiger charge is 2.19. The number of ether oxygens (including phenoxy) is 1. The number of amidine groups is 1. The molecule has 0 amide bonds. The van der Waals surface area contributed by atoms with Crippen LogP contribution in [0.15, 0.2) is 5.16 Å². The molecule has 0 spiro atoms. The van der Waals surface area contributed by atoms with E-state index in [1.54, 1.807) is 0 Å². The third-order valence-corrected chi connectivity index (χ3v) is 3.35. The molecule has 3 N–H and O–H groups in total. The van der Waals surface area contributed by atoms with Crippen molar-refractivity contribution >= 4 is 5.84 Å². The van der Waals surface area contributed by atoms with Crippen LogP contribution < -0.4 is 5.73 Å². The molecule has 5 nitrogen and oxygen atoms in total. The Morgan fingerprint density at radius 3 is 2.65 bits per heavy atom. The van der Waals surface area contributed by atoms with Gasteiger partial charge in [0.1, 0.15) is 5.84 Å². The quantitative estimate of drug-likeness (QED) is 0.319. The summed E-state index contributed by atoms with van der Waals surface area (Å²) in [5.41, 5.74) is 5.51. The summed E-state index contributed by atoms with van der Waals surface area (Å²) in [7, 11) is 0. The van der Waals surface area contributed by atoms with Crippen LogP contribution in [-0.4, -0.2) is 48.3 Å². The molecule has 5 heteroatoms. The molecule has 0 aromatic carbocycles. The van der Waals surface area contributed by atoms with Crippen molar-refractivity contribution in [1.82, 2.24) is 4.90 Å². The lowest BCUT2D eigenvalue weighted by molar-refractivity contribution is 0.0483. The number of hydrogen-bond acceptors (Lipinski definition) is 4. The lowest BCUT2D eigenvalue weighted by Gasteiger charge is -2.32. The second-order valence-electron chi connectivity index (χ2n) is 4.99. The van der Waals surface area contributed by atoms with E-state index < -0.39 is 0 Å². The highest BCUT2D eigenvalue weighted by molar-refractivity contribution is 5.79. The van der Waals surface area contributed by atoms with Gasteiger partial charge in [0.25, 0.3) is 0 Å². The molecule has 0 aliphatic carbocycles. The molecule has 1 heterocycles. The van der Waals surface area contributed by atoms with Crippen molar-refractivity contribution in [2.24, 2.45) is 16.8 Å². The molecule has 1 aliphatic rings. The lowest BCUT2D eigenvalue weighted by Crippen LogP contribution is -2.39. The van der Waals surface area contributed by atoms with Gasteiger partial charge in [-0.1, -0.05) is 5.16 Å². The summed E-state index contributed by atoms with van der Waals surface area (Å²) in [6.45, 7) is 8.08. The fraction of sp³-hybridized carbons (Fsp3) is 0.917. The normalized spacial score (nSPS) is 19.2. The maximum atomic E-state index is 8.54. The average Bonchev–Trinajstić information content (AvgIpc) is 2.34. The fourth-order valence-corrected chi connectivity index (χ4v) is 2.13. The number of nitrogens with zero attached hydrogens (tertiary/aromatic N) is 2. The Hall–Kier alpha value is -0.810. The largest absolute Gasteiger partial charge is 0.409 e. The first-order valence-corrected chi connectivity index (χ1v) is 6.41. The molecule has 0 saturated carbocycles. The van der Waals surface area contributed by atoms with Crippen LogP contribution in [0.2, 0.25) is 0 Å². The topological polar surface area (TPSA) is 71.1 Å². The van der Waals surface area contributed by atoms with Crippen LogP contribution in [-0.2, 0) is 4.74 Å². The van der Waals surface area contributed by atoms with Crippen LogP contribution in [0.1, 0.15) is 33.1 Å². The van der Waals surface area contributed by atoms with Crippen LogP contribution in [0, 0.1) is 5.92 Å². The van der Waals surface area contributed by atoms with E-state index in [9.17, 15) is 0 Å². The van der Waals surface area contributed by atoms with Gasteiger partial charge in [0.2, 0.25) is 0 Å². The third-order valence-electron chi connectivity index (χ3n) is 3.35. The summed E-state index contributed by atoms with van der Waals surface area (Å²) in [4.78, 5) is 2.40. The van der Waals surface area contributed by atoms with Crippen molar-refractivity contribution in [2.75, 3.05) is 26.3 Å². The summed E-state index contributed by atoms with van der Waals surface area (Å²) in [5.74, 6) is 1.03. The summed E-state index contributed by atoms with van der Waals surface area (Å²) in [5, 5.41) is 11.5. The van der Waals surface area contributed by atoms with Crippen LogP contribution in [0.25, 0.3) is 0 Å². The van der Waals surface area contributed by atoms with E-state index in [4.69, 9.17) is 15.7 Å². The van der Waals surface area contributed by atoms with E-state index in [1.807, 2.05) is 0 Å². The van der Waals surface area contributed by atoms with Gasteiger partial charge in [0, 0.05) is 38.8 Å². The van der Waals surface area contributed by atoms with E-state index in [0.717, 1.165) is 45.1 Å². The van der Waals surface area contributed by atoms with Crippen LogP contribution in [0.5, 0.6) is 0 Å². The van der Waals surface area contributed by atoms with E-state index >= 15 is 0 Å². The van der Waals surface area contributed by atoms with E-state index in [2.05, 4.69) is 23.9 Å². The molecule has 0 unspecified atom stereocenters. The number of nitrogens with two attached hydrogens (primary N) is 1. The predicted molar refractivity (Wildman–Crippen MR) is 68.3 cm³/mol. The first kappa shape index (κ1) is 14.3. The predicted octanol–water partition coefficient (Wildman–Crippen LogP) is 1.26. The van der Waals surface area contributed by atoms with Crippen LogP contribution in [0.4, 0.5) is 0 Å². The number of oxime groups is 1. The smallest absolute Gasteiger partial charge is 0.140 e. The zero-order chi connectivity index (χ0) is 12.7. The van der Waals surface area contributed by atoms with Gasteiger partial charge in [-0.05, 0) is 32.6 Å². The van der Waals surface area contributed by atoms with Gasteiger partial charge < -0.3 is 20.6 Å². The fourth-order valence-electron chi connectivity index (χ4n) is 2.13. The van der Waals surface area contributed by atoms with E-state index in [0.29, 0.717) is 18.3 Å². The third kappa shape index (κ3) is 5.37. The van der Waals surface area contributed by atoms with Crippen molar-refractivity contribution in [3.8, 4) is 0 Å². The average molecular weight is 243 g/mol. The molecule has 17 heavy (non-hydrogen) atoms. The molecule has 0 aromatic rings. The molecule has 0 aromatic heterocycles. The SMILES string of the molecule is CC(C)N(CC/C(N)=N/O)CC1CCOCC1. The Morgan fingerprint density at radius 2 is 2.12 bits per heavy atom. The minimum atomic E-state index is 0.308. The van der Waals surface area contributed by atoms with E-state index in [-0.39, 0.29) is 0 Å². The second-order valence-corrected chi connectivity index (χ2v) is 4.99. The molecule has 0 atom stereocenters. The Bertz CT molecular complexity index is 238. The van der Waals surface area contributed by atoms with Gasteiger partial charge in [0.05, 0.1) is 0 Å². The van der Waals surface area contributed by atoms with Gasteiger partial charge in [-0.15, -0.1) is 0 Å². The van der Waals surface area contributed by atoms with Gasteiger partial charge >= 0.3 is 0 Å². The molecule has 0 bridgehead atoms. The Morgan fingerprint density at radius 1 is 1.47 bits per heavy atom. The number of rotatable bonds is 6. The summed E-state index contributed by atoms with van der Waals surface area (Å²) >= 11 is 0. The van der Waals surface area contributed by atoms with Gasteiger partial charge in [-0.3, -0.25) is 0 Å². The number of hydrogen-bond donors (Lipinski definition) is 2. The van der Waals surface area contributed by atoms with Crippen LogP contribution >= 0.6 is 0 Å². The highest BCUT2D eigenvalue weighted by atomic mass is 16.5. The molecule has 0 radical (unpaired) electrons. The molecule has 100 valence electrons. The van der Waals surface area contributed by atoms with Crippen molar-refractivity contribution in [3.05, 3.63) is 0 Å². The highest BCUT2D eigenvalue weighted by Crippen LogP contribution is 2.17. The maximum Gasteiger partial charge on any atom is 0.140 e. The van der Waals surface area contributed by atoms with Crippen molar-refractivity contribution in [2.45, 2.75) is 39.2 Å². The summed E-state index contributed by atoms with van der Waals surface area (Å²) in [6.07, 6.45) is 2.91. The lowest BCUT2D eigenvalue weighted by atomic mass is 9.99. The zero-order valence-electron chi connectivity index (χ0n) is 10.9. The van der Waals surface area contributed by atoms with Gasteiger partial charge in [0.15, 0.2) is 0 Å². The van der Waals surface area contributed by atoms with Crippen molar-refractivity contribution < 1.29 is 9.94 Å². The van der Waals surface area contributed by atoms with Gasteiger partial charge in [-0.25, -0.2) is 0 Å². The molecule has 1 aliphatic heterocycles. The zero-order valence-corrected chi connectivity index (χ0v) is 10.9. The second kappa shape index (κ2) is 7.50. The molecular weight excluding hydrogens is 218 g/mol. The molecule has 1 fully saturated rings. The first-order chi connectivity index (χ1) is 8.13. The molecule has 1 rings (SSSR count). The first-order valence-electron chi connectivity index (χ1n) is 6.41. The standard InChI is InChI=1S/C12H25N3O2/c1-10(2)15(6-3-12(13)14-16)9-11-4-7-17-8-5-11/h10-11,16H,3-9H2,1-2H3,(H2,13,14). The molecule has 1 saturated heterocycles. The van der Waals surface area contributed by atoms with E-state index in [1.165, 1.54) is 0 Å². The monoisotopic (exact) mass is 243 g/mol. The summed E-state index contributed by atoms with van der Waals surface area (Å²) in [6, 6.07) is 0.490. The minimum Gasteiger partial charge on any atom is -0.409 e. The minimum absolute atomic E-state index is 0.308. The summed E-state index contributed by atoms with van der Waals surface area (Å²) < 4.78 is 5.37. The Balaban J connectivity index is 2.36. The Labute approximate surface area is 104 Å². The molecular formula is C12H25N3O2. The van der Waals surface area contributed by atoms with Crippen molar-refractivity contribution in [3.63, 3.8) is 0 Å². The van der Waals surface area contributed by atoms with Crippen LogP contribution in [0.3, 0.4) is 0 Å². The van der Waals surface area contributed by atoms with Gasteiger partial charge in [-0.2, -0.15) is 0 Å². The van der Waals surface area contributed by atoms with Crippen molar-refractivity contribution in [1.29, 1.82) is 0 Å². The Kier molecular flexibility index (Phi) is 6.29. The maximum absolute atomic E-state index is 8.54.